The van der Waals surface area contributed by atoms with Crippen LogP contribution in [0.1, 0.15) is 21.8 Å². The standard InChI is InChI=1S/C25H26N2O3/c1-4-15-30-22-13-11-20(12-14-22)25(29)26(3)16-21-17-27(24(28)5-2)18-23(21)19-9-7-6-8-10-19/h1,5-14,21,23H,2,15-18H2,3H3. The van der Waals surface area contributed by atoms with Crippen LogP contribution in [-0.2, 0) is 4.79 Å². The molecule has 0 aliphatic carbocycles. The van der Waals surface area contributed by atoms with Crippen LogP contribution in [0.3, 0.4) is 0 Å². The smallest absolute Gasteiger partial charge is 0.253 e. The lowest BCUT2D eigenvalue weighted by Crippen LogP contribution is -2.35. The third kappa shape index (κ3) is 4.90. The minimum atomic E-state index is -0.0741. The first-order valence-corrected chi connectivity index (χ1v) is 9.91. The molecule has 1 fully saturated rings. The van der Waals surface area contributed by atoms with Crippen LogP contribution in [0.4, 0.5) is 0 Å². The van der Waals surface area contributed by atoms with Crippen LogP contribution in [0.15, 0.2) is 67.3 Å². The van der Waals surface area contributed by atoms with E-state index in [4.69, 9.17) is 11.2 Å². The maximum absolute atomic E-state index is 12.9. The Hall–Kier alpha value is -3.52. The van der Waals surface area contributed by atoms with Gasteiger partial charge in [-0.25, -0.2) is 0 Å². The van der Waals surface area contributed by atoms with E-state index in [1.54, 1.807) is 36.2 Å². The third-order valence-corrected chi connectivity index (χ3v) is 5.43. The minimum Gasteiger partial charge on any atom is -0.481 e. The van der Waals surface area contributed by atoms with Crippen molar-refractivity contribution in [1.29, 1.82) is 0 Å². The molecule has 2 unspecified atom stereocenters. The summed E-state index contributed by atoms with van der Waals surface area (Å²) in [5.41, 5.74) is 1.76. The van der Waals surface area contributed by atoms with Crippen LogP contribution in [0.2, 0.25) is 0 Å². The number of hydrogen-bond donors (Lipinski definition) is 0. The summed E-state index contributed by atoms with van der Waals surface area (Å²) in [4.78, 5) is 28.6. The number of carbonyl (C=O) groups is 2. The van der Waals surface area contributed by atoms with Gasteiger partial charge in [0.25, 0.3) is 5.91 Å². The molecule has 0 N–H and O–H groups in total. The van der Waals surface area contributed by atoms with E-state index < -0.39 is 0 Å². The van der Waals surface area contributed by atoms with E-state index in [0.29, 0.717) is 30.9 Å². The van der Waals surface area contributed by atoms with Gasteiger partial charge < -0.3 is 14.5 Å². The van der Waals surface area contributed by atoms with Crippen molar-refractivity contribution in [3.05, 3.63) is 78.4 Å². The lowest BCUT2D eigenvalue weighted by molar-refractivity contribution is -0.125. The van der Waals surface area contributed by atoms with Crippen LogP contribution >= 0.6 is 0 Å². The summed E-state index contributed by atoms with van der Waals surface area (Å²) in [5.74, 6) is 3.21. The lowest BCUT2D eigenvalue weighted by atomic mass is 9.88. The van der Waals surface area contributed by atoms with E-state index in [9.17, 15) is 9.59 Å². The highest BCUT2D eigenvalue weighted by Crippen LogP contribution is 2.33. The molecule has 1 heterocycles. The van der Waals surface area contributed by atoms with E-state index in [-0.39, 0.29) is 30.3 Å². The summed E-state index contributed by atoms with van der Waals surface area (Å²) in [7, 11) is 1.80. The van der Waals surface area contributed by atoms with Crippen LogP contribution in [-0.4, -0.2) is 54.9 Å². The second kappa shape index (κ2) is 9.80. The number of amides is 2. The molecule has 5 heteroatoms. The molecule has 1 saturated heterocycles. The lowest BCUT2D eigenvalue weighted by Gasteiger charge is -2.25. The van der Waals surface area contributed by atoms with E-state index >= 15 is 0 Å². The number of rotatable bonds is 7. The molecule has 2 aromatic carbocycles. The third-order valence-electron chi connectivity index (χ3n) is 5.43. The van der Waals surface area contributed by atoms with Crippen molar-refractivity contribution in [3.63, 3.8) is 0 Å². The van der Waals surface area contributed by atoms with Gasteiger partial charge in [0.2, 0.25) is 5.91 Å². The first-order valence-electron chi connectivity index (χ1n) is 9.91. The van der Waals surface area contributed by atoms with Crippen molar-refractivity contribution < 1.29 is 14.3 Å². The number of benzene rings is 2. The van der Waals surface area contributed by atoms with Crippen molar-refractivity contribution in [1.82, 2.24) is 9.80 Å². The molecule has 0 saturated carbocycles. The quantitative estimate of drug-likeness (QED) is 0.528. The van der Waals surface area contributed by atoms with Gasteiger partial charge in [-0.05, 0) is 35.9 Å². The van der Waals surface area contributed by atoms with Gasteiger partial charge in [-0.2, -0.15) is 0 Å². The largest absolute Gasteiger partial charge is 0.481 e. The number of hydrogen-bond acceptors (Lipinski definition) is 3. The Morgan fingerprint density at radius 2 is 1.90 bits per heavy atom. The molecule has 1 aliphatic rings. The first-order chi connectivity index (χ1) is 14.5. The summed E-state index contributed by atoms with van der Waals surface area (Å²) in [6, 6.07) is 17.1. The predicted molar refractivity (Wildman–Crippen MR) is 117 cm³/mol. The maximum atomic E-state index is 12.9. The zero-order valence-electron chi connectivity index (χ0n) is 17.2. The summed E-state index contributed by atoms with van der Waals surface area (Å²) < 4.78 is 5.36. The van der Waals surface area contributed by atoms with Gasteiger partial charge in [0.15, 0.2) is 0 Å². The highest BCUT2D eigenvalue weighted by Gasteiger charge is 2.36. The van der Waals surface area contributed by atoms with Crippen molar-refractivity contribution >= 4 is 11.8 Å². The number of nitrogens with zero attached hydrogens (tertiary/aromatic N) is 2. The predicted octanol–water partition coefficient (Wildman–Crippen LogP) is 3.20. The van der Waals surface area contributed by atoms with Crippen molar-refractivity contribution in [3.8, 4) is 18.1 Å². The molecule has 2 atom stereocenters. The van der Waals surface area contributed by atoms with Crippen LogP contribution < -0.4 is 4.74 Å². The summed E-state index contributed by atoms with van der Waals surface area (Å²) in [5, 5.41) is 0. The number of carbonyl (C=O) groups excluding carboxylic acids is 2. The first kappa shape index (κ1) is 21.2. The van der Waals surface area contributed by atoms with Gasteiger partial charge in [0, 0.05) is 44.1 Å². The minimum absolute atomic E-state index is 0.0705. The second-order valence-electron chi connectivity index (χ2n) is 7.43. The molecule has 154 valence electrons. The zero-order valence-corrected chi connectivity index (χ0v) is 17.2. The van der Waals surface area contributed by atoms with Crippen molar-refractivity contribution in [2.75, 3.05) is 33.3 Å². The second-order valence-corrected chi connectivity index (χ2v) is 7.43. The van der Waals surface area contributed by atoms with Crippen LogP contribution in [0, 0.1) is 18.3 Å². The summed E-state index contributed by atoms with van der Waals surface area (Å²) in [6.45, 7) is 5.57. The monoisotopic (exact) mass is 402 g/mol. The Bertz CT molecular complexity index is 931. The van der Waals surface area contributed by atoms with Crippen LogP contribution in [0.25, 0.3) is 0 Å². The Balaban J connectivity index is 1.71. The Morgan fingerprint density at radius 3 is 2.53 bits per heavy atom. The maximum Gasteiger partial charge on any atom is 0.253 e. The summed E-state index contributed by atoms with van der Waals surface area (Å²) >= 11 is 0. The van der Waals surface area contributed by atoms with E-state index in [1.165, 1.54) is 11.6 Å². The fourth-order valence-corrected chi connectivity index (χ4v) is 3.92. The number of terminal acetylenes is 1. The Labute approximate surface area is 177 Å². The molecule has 2 aromatic rings. The van der Waals surface area contributed by atoms with E-state index in [2.05, 4.69) is 24.6 Å². The van der Waals surface area contributed by atoms with Gasteiger partial charge in [-0.3, -0.25) is 9.59 Å². The highest BCUT2D eigenvalue weighted by molar-refractivity contribution is 5.94. The summed E-state index contributed by atoms with van der Waals surface area (Å²) in [6.07, 6.45) is 6.55. The zero-order chi connectivity index (χ0) is 21.5. The molecular weight excluding hydrogens is 376 g/mol. The van der Waals surface area contributed by atoms with E-state index in [1.807, 2.05) is 23.1 Å². The fourth-order valence-electron chi connectivity index (χ4n) is 3.92. The molecular formula is C25H26N2O3. The van der Waals surface area contributed by atoms with E-state index in [0.717, 1.165) is 0 Å². The highest BCUT2D eigenvalue weighted by atomic mass is 16.5. The average molecular weight is 402 g/mol. The normalized spacial score (nSPS) is 17.8. The van der Waals surface area contributed by atoms with Gasteiger partial charge in [-0.1, -0.05) is 42.8 Å². The van der Waals surface area contributed by atoms with Gasteiger partial charge in [0.1, 0.15) is 12.4 Å². The topological polar surface area (TPSA) is 49.9 Å². The van der Waals surface area contributed by atoms with Gasteiger partial charge in [-0.15, -0.1) is 6.42 Å². The molecule has 0 radical (unpaired) electrons. The van der Waals surface area contributed by atoms with Gasteiger partial charge in [0.05, 0.1) is 0 Å². The number of likely N-dealkylation sites (tertiary alicyclic amines) is 1. The van der Waals surface area contributed by atoms with Gasteiger partial charge >= 0.3 is 0 Å². The molecule has 0 bridgehead atoms. The Kier molecular flexibility index (Phi) is 6.92. The molecule has 0 aromatic heterocycles. The molecule has 2 amide bonds. The molecule has 3 rings (SSSR count). The Morgan fingerprint density at radius 1 is 1.20 bits per heavy atom. The van der Waals surface area contributed by atoms with Crippen molar-refractivity contribution in [2.24, 2.45) is 5.92 Å². The van der Waals surface area contributed by atoms with Crippen molar-refractivity contribution in [2.45, 2.75) is 5.92 Å². The molecule has 5 nitrogen and oxygen atoms in total. The number of ether oxygens (including phenoxy) is 1. The molecule has 30 heavy (non-hydrogen) atoms. The average Bonchev–Trinajstić information content (AvgIpc) is 3.21. The van der Waals surface area contributed by atoms with Crippen LogP contribution in [0.5, 0.6) is 5.75 Å². The molecule has 0 spiro atoms. The molecule has 1 aliphatic heterocycles. The SMILES string of the molecule is C#CCOc1ccc(C(=O)N(C)CC2CN(C(=O)C=C)CC2c2ccccc2)cc1. The fraction of sp³-hybridized carbons (Fsp3) is 0.280.